The summed E-state index contributed by atoms with van der Waals surface area (Å²) in [7, 11) is 2.13. The summed E-state index contributed by atoms with van der Waals surface area (Å²) >= 11 is 5.54. The SMILES string of the molecule is CN1C(C(Br)=Cc2ccccc2)Sc2nnc(C3CCCCC3)n21. The minimum absolute atomic E-state index is 0.207. The molecule has 1 unspecified atom stereocenters. The van der Waals surface area contributed by atoms with E-state index in [2.05, 4.69) is 73.2 Å². The lowest BCUT2D eigenvalue weighted by Crippen LogP contribution is -2.35. The first kappa shape index (κ1) is 16.2. The third-order valence-electron chi connectivity index (χ3n) is 4.82. The zero-order chi connectivity index (χ0) is 16.5. The molecule has 2 heterocycles. The predicted octanol–water partition coefficient (Wildman–Crippen LogP) is 4.76. The number of hydrogen-bond acceptors (Lipinski definition) is 4. The summed E-state index contributed by atoms with van der Waals surface area (Å²) in [6.45, 7) is 0. The normalized spacial score (nSPS) is 22.0. The second-order valence-corrected chi connectivity index (χ2v) is 8.43. The fourth-order valence-electron chi connectivity index (χ4n) is 3.56. The van der Waals surface area contributed by atoms with Crippen LogP contribution < -0.4 is 5.01 Å². The maximum absolute atomic E-state index is 4.51. The summed E-state index contributed by atoms with van der Waals surface area (Å²) in [6, 6.07) is 10.4. The first-order valence-corrected chi connectivity index (χ1v) is 10.2. The molecule has 1 aromatic carbocycles. The molecule has 1 fully saturated rings. The van der Waals surface area contributed by atoms with Crippen molar-refractivity contribution >= 4 is 33.8 Å². The lowest BCUT2D eigenvalue weighted by Gasteiger charge is -2.26. The van der Waals surface area contributed by atoms with Crippen LogP contribution in [0.1, 0.15) is 49.4 Å². The second kappa shape index (κ2) is 6.92. The maximum atomic E-state index is 4.51. The van der Waals surface area contributed by atoms with E-state index in [0.29, 0.717) is 5.92 Å². The van der Waals surface area contributed by atoms with Gasteiger partial charge < -0.3 is 0 Å². The summed E-state index contributed by atoms with van der Waals surface area (Å²) in [5.41, 5.74) is 1.20. The van der Waals surface area contributed by atoms with E-state index in [-0.39, 0.29) is 5.37 Å². The van der Waals surface area contributed by atoms with E-state index in [0.717, 1.165) is 15.5 Å². The minimum Gasteiger partial charge on any atom is -0.294 e. The first-order valence-electron chi connectivity index (χ1n) is 8.51. The molecule has 1 aliphatic carbocycles. The van der Waals surface area contributed by atoms with E-state index >= 15 is 0 Å². The number of rotatable bonds is 3. The number of thioether (sulfide) groups is 1. The molecule has 0 N–H and O–H groups in total. The zero-order valence-corrected chi connectivity index (χ0v) is 16.1. The van der Waals surface area contributed by atoms with E-state index in [9.17, 15) is 0 Å². The average molecular weight is 405 g/mol. The van der Waals surface area contributed by atoms with Gasteiger partial charge in [-0.3, -0.25) is 5.01 Å². The molecule has 1 atom stereocenters. The molecule has 2 aromatic rings. The van der Waals surface area contributed by atoms with Gasteiger partial charge in [0, 0.05) is 17.4 Å². The predicted molar refractivity (Wildman–Crippen MR) is 103 cm³/mol. The Morgan fingerprint density at radius 1 is 1.17 bits per heavy atom. The van der Waals surface area contributed by atoms with Gasteiger partial charge in [0.1, 0.15) is 5.37 Å². The largest absolute Gasteiger partial charge is 0.294 e. The van der Waals surface area contributed by atoms with Crippen LogP contribution in [0.5, 0.6) is 0 Å². The quantitative estimate of drug-likeness (QED) is 0.737. The Hall–Kier alpha value is -1.27. The number of likely N-dealkylation sites (N-methyl/N-ethyl adjacent to an activating group) is 1. The summed E-state index contributed by atoms with van der Waals surface area (Å²) in [4.78, 5) is 0. The Labute approximate surface area is 155 Å². The highest BCUT2D eigenvalue weighted by atomic mass is 79.9. The van der Waals surface area contributed by atoms with Gasteiger partial charge in [0.25, 0.3) is 0 Å². The highest BCUT2D eigenvalue weighted by molar-refractivity contribution is 9.12. The molecule has 4 rings (SSSR count). The van der Waals surface area contributed by atoms with Crippen LogP contribution in [0.25, 0.3) is 6.08 Å². The fourth-order valence-corrected chi connectivity index (χ4v) is 5.44. The minimum atomic E-state index is 0.207. The van der Waals surface area contributed by atoms with Gasteiger partial charge in [0.05, 0.1) is 0 Å². The van der Waals surface area contributed by atoms with E-state index < -0.39 is 0 Å². The molecule has 1 saturated carbocycles. The third-order valence-corrected chi connectivity index (χ3v) is 7.03. The van der Waals surface area contributed by atoms with Crippen molar-refractivity contribution in [3.8, 4) is 0 Å². The molecule has 0 spiro atoms. The van der Waals surface area contributed by atoms with Crippen LogP contribution >= 0.6 is 27.7 Å². The van der Waals surface area contributed by atoms with Crippen molar-refractivity contribution < 1.29 is 0 Å². The highest BCUT2D eigenvalue weighted by Crippen LogP contribution is 2.41. The fraction of sp³-hybridized carbons (Fsp3) is 0.444. The Morgan fingerprint density at radius 3 is 2.67 bits per heavy atom. The molecule has 0 amide bonds. The van der Waals surface area contributed by atoms with Gasteiger partial charge in [-0.05, 0) is 24.5 Å². The maximum Gasteiger partial charge on any atom is 0.212 e. The van der Waals surface area contributed by atoms with Gasteiger partial charge in [0.2, 0.25) is 5.16 Å². The monoisotopic (exact) mass is 404 g/mol. The van der Waals surface area contributed by atoms with Gasteiger partial charge in [-0.25, -0.2) is 4.68 Å². The summed E-state index contributed by atoms with van der Waals surface area (Å²) < 4.78 is 3.38. The number of fused-ring (bicyclic) bond motifs is 1. The van der Waals surface area contributed by atoms with Crippen LogP contribution in [0.4, 0.5) is 0 Å². The van der Waals surface area contributed by atoms with E-state index in [4.69, 9.17) is 0 Å². The number of hydrogen-bond donors (Lipinski definition) is 0. The summed E-state index contributed by atoms with van der Waals surface area (Å²) in [5.74, 6) is 1.70. The van der Waals surface area contributed by atoms with Crippen LogP contribution in [-0.2, 0) is 0 Å². The van der Waals surface area contributed by atoms with Crippen molar-refractivity contribution in [1.29, 1.82) is 0 Å². The van der Waals surface area contributed by atoms with Gasteiger partial charge in [-0.1, -0.05) is 77.3 Å². The second-order valence-electron chi connectivity index (χ2n) is 6.47. The van der Waals surface area contributed by atoms with E-state index in [1.807, 2.05) is 6.07 Å². The number of halogens is 1. The number of nitrogens with zero attached hydrogens (tertiary/aromatic N) is 4. The molecule has 0 radical (unpaired) electrons. The Morgan fingerprint density at radius 2 is 1.92 bits per heavy atom. The molecule has 6 heteroatoms. The van der Waals surface area contributed by atoms with Crippen molar-refractivity contribution in [2.24, 2.45) is 0 Å². The molecule has 0 bridgehead atoms. The van der Waals surface area contributed by atoms with Gasteiger partial charge in [-0.15, -0.1) is 10.2 Å². The molecular weight excluding hydrogens is 384 g/mol. The first-order chi connectivity index (χ1) is 11.7. The lowest BCUT2D eigenvalue weighted by atomic mass is 9.89. The smallest absolute Gasteiger partial charge is 0.212 e. The van der Waals surface area contributed by atoms with Crippen molar-refractivity contribution in [3.05, 3.63) is 46.2 Å². The van der Waals surface area contributed by atoms with E-state index in [1.54, 1.807) is 11.8 Å². The van der Waals surface area contributed by atoms with Gasteiger partial charge in [-0.2, -0.15) is 0 Å². The van der Waals surface area contributed by atoms with Crippen LogP contribution in [-0.4, -0.2) is 27.3 Å². The standard InChI is InChI=1S/C18H21BrN4S/c1-22-17(15(19)12-13-8-4-2-5-9-13)24-18-21-20-16(23(18)22)14-10-6-3-7-11-14/h2,4-5,8-9,12,14,17H,3,6-7,10-11H2,1H3. The molecule has 24 heavy (non-hydrogen) atoms. The lowest BCUT2D eigenvalue weighted by molar-refractivity contribution is 0.411. The molecule has 1 aliphatic heterocycles. The molecule has 4 nitrogen and oxygen atoms in total. The molecule has 2 aliphatic rings. The topological polar surface area (TPSA) is 34.0 Å². The highest BCUT2D eigenvalue weighted by Gasteiger charge is 2.35. The number of benzene rings is 1. The van der Waals surface area contributed by atoms with Crippen LogP contribution in [0.15, 0.2) is 40.0 Å². The van der Waals surface area contributed by atoms with Gasteiger partial charge in [0.15, 0.2) is 5.82 Å². The van der Waals surface area contributed by atoms with Crippen LogP contribution in [0, 0.1) is 0 Å². The average Bonchev–Trinajstić information content (AvgIpc) is 3.17. The van der Waals surface area contributed by atoms with Crippen molar-refractivity contribution in [2.45, 2.75) is 48.6 Å². The summed E-state index contributed by atoms with van der Waals surface area (Å²) in [6.07, 6.45) is 8.64. The number of aromatic nitrogens is 3. The third kappa shape index (κ3) is 3.02. The molecular formula is C18H21BrN4S. The Kier molecular flexibility index (Phi) is 4.68. The molecule has 1 aromatic heterocycles. The Bertz CT molecular complexity index is 737. The van der Waals surface area contributed by atoms with Crippen molar-refractivity contribution in [3.63, 3.8) is 0 Å². The van der Waals surface area contributed by atoms with E-state index in [1.165, 1.54) is 37.7 Å². The van der Waals surface area contributed by atoms with Crippen molar-refractivity contribution in [2.75, 3.05) is 12.1 Å². The van der Waals surface area contributed by atoms with Crippen LogP contribution in [0.3, 0.4) is 0 Å². The molecule has 0 saturated heterocycles. The van der Waals surface area contributed by atoms with Gasteiger partial charge >= 0.3 is 0 Å². The summed E-state index contributed by atoms with van der Waals surface area (Å²) in [5, 5.41) is 12.4. The van der Waals surface area contributed by atoms with Crippen molar-refractivity contribution in [1.82, 2.24) is 14.9 Å². The Balaban J connectivity index is 1.58. The van der Waals surface area contributed by atoms with Crippen LogP contribution in [0.2, 0.25) is 0 Å². The molecule has 126 valence electrons. The zero-order valence-electron chi connectivity index (χ0n) is 13.7.